The van der Waals surface area contributed by atoms with Crippen molar-refractivity contribution in [2.45, 2.75) is 6.11 Å². The van der Waals surface area contributed by atoms with E-state index in [0.717, 1.165) is 6.07 Å². The molecule has 35 heavy (non-hydrogen) atoms. The average molecular weight is 515 g/mol. The maximum Gasteiger partial charge on any atom is 0.432 e. The molecule has 0 N–H and O–H groups in total. The van der Waals surface area contributed by atoms with Gasteiger partial charge in [-0.25, -0.2) is 26.3 Å². The molecule has 0 saturated heterocycles. The van der Waals surface area contributed by atoms with E-state index in [4.69, 9.17) is 11.6 Å². The SMILES string of the molecule is Fc1cc(-c2ccc(Cl)cc2)ccc1-c1cc(F)c(C(F)(F)Oc2cc(F)c(F)c(F)c2)c(F)c1. The van der Waals surface area contributed by atoms with Gasteiger partial charge in [0.25, 0.3) is 0 Å². The van der Waals surface area contributed by atoms with Crippen molar-refractivity contribution in [1.29, 1.82) is 0 Å². The van der Waals surface area contributed by atoms with Crippen molar-refractivity contribution < 1.29 is 39.9 Å². The van der Waals surface area contributed by atoms with Crippen LogP contribution in [0.1, 0.15) is 5.56 Å². The largest absolute Gasteiger partial charge is 0.432 e. The van der Waals surface area contributed by atoms with Crippen LogP contribution in [0.15, 0.2) is 66.7 Å². The molecule has 0 heterocycles. The van der Waals surface area contributed by atoms with Crippen LogP contribution in [-0.4, -0.2) is 0 Å². The quantitative estimate of drug-likeness (QED) is 0.191. The van der Waals surface area contributed by atoms with Crippen LogP contribution in [-0.2, 0) is 6.11 Å². The van der Waals surface area contributed by atoms with E-state index in [1.54, 1.807) is 24.3 Å². The Bertz CT molecular complexity index is 1370. The molecule has 0 aliphatic rings. The molecule has 0 bridgehead atoms. The molecule has 4 rings (SSSR count). The Kier molecular flexibility index (Phi) is 6.46. The highest BCUT2D eigenvalue weighted by Crippen LogP contribution is 2.38. The summed E-state index contributed by atoms with van der Waals surface area (Å²) in [6.07, 6.45) is -4.75. The number of hydrogen-bond acceptors (Lipinski definition) is 1. The summed E-state index contributed by atoms with van der Waals surface area (Å²) in [5.74, 6) is -11.3. The van der Waals surface area contributed by atoms with Crippen LogP contribution in [0.2, 0.25) is 5.02 Å². The highest BCUT2D eigenvalue weighted by atomic mass is 35.5. The Morgan fingerprint density at radius 1 is 0.571 bits per heavy atom. The Morgan fingerprint density at radius 3 is 1.63 bits per heavy atom. The minimum atomic E-state index is -4.75. The molecular weight excluding hydrogens is 504 g/mol. The average Bonchev–Trinajstić information content (AvgIpc) is 2.76. The van der Waals surface area contributed by atoms with Crippen LogP contribution in [0, 0.1) is 34.9 Å². The van der Waals surface area contributed by atoms with E-state index < -0.39 is 57.9 Å². The van der Waals surface area contributed by atoms with Crippen molar-refractivity contribution in [3.05, 3.63) is 112 Å². The lowest BCUT2D eigenvalue weighted by molar-refractivity contribution is -0.189. The van der Waals surface area contributed by atoms with Crippen LogP contribution in [0.25, 0.3) is 22.3 Å². The van der Waals surface area contributed by atoms with Gasteiger partial charge in [0.2, 0.25) is 0 Å². The van der Waals surface area contributed by atoms with Crippen LogP contribution in [0.4, 0.5) is 35.1 Å². The minimum absolute atomic E-state index is 0.0914. The molecule has 180 valence electrons. The van der Waals surface area contributed by atoms with Crippen molar-refractivity contribution in [1.82, 2.24) is 0 Å². The van der Waals surface area contributed by atoms with E-state index in [1.165, 1.54) is 12.1 Å². The van der Waals surface area contributed by atoms with Crippen molar-refractivity contribution in [3.63, 3.8) is 0 Å². The van der Waals surface area contributed by atoms with Gasteiger partial charge in [0.1, 0.15) is 28.8 Å². The van der Waals surface area contributed by atoms with Gasteiger partial charge in [-0.1, -0.05) is 35.9 Å². The summed E-state index contributed by atoms with van der Waals surface area (Å²) in [4.78, 5) is 0. The summed E-state index contributed by atoms with van der Waals surface area (Å²) in [5.41, 5.74) is -1.51. The van der Waals surface area contributed by atoms with Gasteiger partial charge < -0.3 is 4.74 Å². The number of hydrogen-bond donors (Lipinski definition) is 0. The zero-order valence-corrected chi connectivity index (χ0v) is 17.9. The van der Waals surface area contributed by atoms with Gasteiger partial charge in [0.05, 0.1) is 0 Å². The van der Waals surface area contributed by atoms with E-state index in [1.807, 2.05) is 0 Å². The molecule has 4 aromatic rings. The second-order valence-electron chi connectivity index (χ2n) is 7.34. The Labute approximate surface area is 198 Å². The molecule has 0 fully saturated rings. The number of benzene rings is 4. The van der Waals surface area contributed by atoms with Crippen molar-refractivity contribution in [3.8, 4) is 28.0 Å². The molecule has 4 aromatic carbocycles. The second kappa shape index (κ2) is 9.22. The predicted molar refractivity (Wildman–Crippen MR) is 113 cm³/mol. The fourth-order valence-electron chi connectivity index (χ4n) is 3.37. The smallest absolute Gasteiger partial charge is 0.429 e. The highest BCUT2D eigenvalue weighted by molar-refractivity contribution is 6.30. The molecule has 0 saturated carbocycles. The van der Waals surface area contributed by atoms with E-state index in [2.05, 4.69) is 4.74 Å². The summed E-state index contributed by atoms with van der Waals surface area (Å²) in [6, 6.07) is 11.3. The van der Waals surface area contributed by atoms with Crippen molar-refractivity contribution in [2.24, 2.45) is 0 Å². The molecule has 1 nitrogen and oxygen atoms in total. The fraction of sp³-hybridized carbons (Fsp3) is 0.0400. The minimum Gasteiger partial charge on any atom is -0.429 e. The summed E-state index contributed by atoms with van der Waals surface area (Å²) in [6.45, 7) is 0. The monoisotopic (exact) mass is 514 g/mol. The van der Waals surface area contributed by atoms with Crippen LogP contribution in [0.3, 0.4) is 0 Å². The molecule has 0 amide bonds. The van der Waals surface area contributed by atoms with E-state index in [-0.39, 0.29) is 17.7 Å². The summed E-state index contributed by atoms with van der Waals surface area (Å²) >= 11 is 5.82. The van der Waals surface area contributed by atoms with Crippen LogP contribution < -0.4 is 4.74 Å². The third kappa shape index (κ3) is 4.95. The van der Waals surface area contributed by atoms with E-state index in [9.17, 15) is 35.1 Å². The Hall–Kier alpha value is -3.59. The number of ether oxygens (including phenoxy) is 1. The standard InChI is InChI=1S/C25H11ClF8O/c26-15-4-1-12(2-5-15)13-3-6-17(18(27)7-13)14-8-19(28)23(20(29)9-14)25(33,34)35-16-10-21(30)24(32)22(31)11-16/h1-11H. The molecule has 0 aliphatic carbocycles. The van der Waals surface area contributed by atoms with Crippen LogP contribution in [0.5, 0.6) is 5.75 Å². The lowest BCUT2D eigenvalue weighted by Gasteiger charge is -2.20. The van der Waals surface area contributed by atoms with Gasteiger partial charge in [-0.15, -0.1) is 0 Å². The zero-order chi connectivity index (χ0) is 25.5. The lowest BCUT2D eigenvalue weighted by Crippen LogP contribution is -2.25. The number of rotatable bonds is 5. The Morgan fingerprint density at radius 2 is 1.09 bits per heavy atom. The topological polar surface area (TPSA) is 9.23 Å². The maximum absolute atomic E-state index is 14.7. The molecule has 0 radical (unpaired) electrons. The predicted octanol–water partition coefficient (Wildman–Crippen LogP) is 8.64. The normalized spacial score (nSPS) is 11.6. The molecule has 0 aliphatic heterocycles. The molecule has 0 atom stereocenters. The van der Waals surface area contributed by atoms with Crippen LogP contribution >= 0.6 is 11.6 Å². The molecular formula is C25H11ClF8O. The lowest BCUT2D eigenvalue weighted by atomic mass is 9.98. The van der Waals surface area contributed by atoms with Crippen molar-refractivity contribution in [2.75, 3.05) is 0 Å². The maximum atomic E-state index is 14.7. The third-order valence-corrected chi connectivity index (χ3v) is 5.25. The molecule has 0 unspecified atom stereocenters. The molecule has 0 aromatic heterocycles. The third-order valence-electron chi connectivity index (χ3n) is 4.99. The van der Waals surface area contributed by atoms with Gasteiger partial charge in [-0.3, -0.25) is 0 Å². The first-order chi connectivity index (χ1) is 16.5. The second-order valence-corrected chi connectivity index (χ2v) is 7.77. The summed E-state index contributed by atoms with van der Waals surface area (Å²) in [7, 11) is 0. The number of alkyl halides is 2. The number of halogens is 9. The first kappa shape index (κ1) is 24.5. The first-order valence-corrected chi connectivity index (χ1v) is 10.1. The Balaban J connectivity index is 1.67. The van der Waals surface area contributed by atoms with Crippen molar-refractivity contribution >= 4 is 11.6 Å². The van der Waals surface area contributed by atoms with E-state index >= 15 is 0 Å². The van der Waals surface area contributed by atoms with Gasteiger partial charge in [-0.05, 0) is 47.0 Å². The summed E-state index contributed by atoms with van der Waals surface area (Å²) in [5, 5.41) is 0.465. The highest BCUT2D eigenvalue weighted by Gasteiger charge is 2.41. The fourth-order valence-corrected chi connectivity index (χ4v) is 3.49. The van der Waals surface area contributed by atoms with E-state index in [0.29, 0.717) is 28.3 Å². The molecule has 10 heteroatoms. The van der Waals surface area contributed by atoms with Gasteiger partial charge in [-0.2, -0.15) is 8.78 Å². The van der Waals surface area contributed by atoms with Gasteiger partial charge in [0, 0.05) is 22.7 Å². The summed E-state index contributed by atoms with van der Waals surface area (Å²) < 4.78 is 117. The first-order valence-electron chi connectivity index (χ1n) is 9.73. The zero-order valence-electron chi connectivity index (χ0n) is 17.2. The van der Waals surface area contributed by atoms with Gasteiger partial charge in [0.15, 0.2) is 17.5 Å². The van der Waals surface area contributed by atoms with Gasteiger partial charge >= 0.3 is 6.11 Å². The molecule has 0 spiro atoms.